The van der Waals surface area contributed by atoms with Crippen molar-refractivity contribution in [2.75, 3.05) is 6.61 Å². The number of hydrogen-bond acceptors (Lipinski definition) is 11. The first kappa shape index (κ1) is 65.4. The summed E-state index contributed by atoms with van der Waals surface area (Å²) in [5.74, 6) is 0.0532. The lowest BCUT2D eigenvalue weighted by Crippen LogP contribution is -2.25. The van der Waals surface area contributed by atoms with E-state index in [-0.39, 0.29) is 17.4 Å². The fourth-order valence-electron chi connectivity index (χ4n) is 8.67. The number of nitrogens with zero attached hydrogens (tertiary/aromatic N) is 2. The van der Waals surface area contributed by atoms with Gasteiger partial charge in [0.2, 0.25) is 0 Å². The third-order valence-corrected chi connectivity index (χ3v) is 15.0. The predicted octanol–water partition coefficient (Wildman–Crippen LogP) is 18.0. The number of halogens is 2. The number of rotatable bonds is 30. The molecule has 0 aliphatic heterocycles. The Morgan fingerprint density at radius 2 is 0.768 bits per heavy atom. The first-order valence-corrected chi connectivity index (χ1v) is 29.8. The highest BCUT2D eigenvalue weighted by Gasteiger charge is 2.23. The standard InChI is InChI=1S/C35H40ClNO4.C34H38ClNO5/c1-4-5-6-7-8-9-10-11-12-26-13-14-29(23-30(26)24-37)34(38)40-31-19-15-27(16-20-31)28-17-21-32(22-18-28)41-35(39)33(36)25(2)3;1-4-5-6-7-8-9-10-21-39-31-20-15-27(22-28(31)23-36)33(37)40-29-16-11-25(12-17-29)26-13-18-30(19-14-26)41-34(38)32(35)24(2)3/h13-23,25,33H,4-12H2,1-3H3;11-20,22,24,32H,4-10,21H2,1-3H3. The van der Waals surface area contributed by atoms with Gasteiger partial charge in [-0.25, -0.2) is 9.59 Å². The van der Waals surface area contributed by atoms with E-state index in [1.54, 1.807) is 72.8 Å². The Morgan fingerprint density at radius 3 is 1.15 bits per heavy atom. The molecule has 0 aliphatic carbocycles. The molecule has 0 amide bonds. The van der Waals surface area contributed by atoms with Crippen molar-refractivity contribution in [1.29, 1.82) is 10.5 Å². The van der Waals surface area contributed by atoms with Crippen LogP contribution in [0.3, 0.4) is 0 Å². The number of ether oxygens (including phenoxy) is 5. The van der Waals surface area contributed by atoms with E-state index in [1.807, 2.05) is 82.3 Å². The van der Waals surface area contributed by atoms with E-state index in [0.29, 0.717) is 52.0 Å². The smallest absolute Gasteiger partial charge is 0.343 e. The Morgan fingerprint density at radius 1 is 0.427 bits per heavy atom. The zero-order valence-corrected chi connectivity index (χ0v) is 49.9. The maximum Gasteiger partial charge on any atom is 0.343 e. The molecule has 6 rings (SSSR count). The van der Waals surface area contributed by atoms with Crippen molar-refractivity contribution in [3.05, 3.63) is 161 Å². The quantitative estimate of drug-likeness (QED) is 0.0183. The molecule has 82 heavy (non-hydrogen) atoms. The molecule has 0 saturated heterocycles. The fourth-order valence-corrected chi connectivity index (χ4v) is 8.76. The fraction of sp³-hybridized carbons (Fsp3) is 0.391. The first-order valence-electron chi connectivity index (χ1n) is 28.9. The molecule has 0 aliphatic rings. The molecule has 432 valence electrons. The van der Waals surface area contributed by atoms with Gasteiger partial charge in [-0.2, -0.15) is 10.5 Å². The molecule has 6 aromatic carbocycles. The van der Waals surface area contributed by atoms with Crippen LogP contribution in [0.2, 0.25) is 0 Å². The van der Waals surface area contributed by atoms with E-state index in [4.69, 9.17) is 46.9 Å². The van der Waals surface area contributed by atoms with Crippen LogP contribution >= 0.6 is 23.2 Å². The molecule has 11 nitrogen and oxygen atoms in total. The molecule has 6 aromatic rings. The predicted molar refractivity (Wildman–Crippen MR) is 326 cm³/mol. The van der Waals surface area contributed by atoms with Gasteiger partial charge >= 0.3 is 23.9 Å². The minimum atomic E-state index is -0.706. The number of carbonyl (C=O) groups is 4. The molecule has 0 spiro atoms. The van der Waals surface area contributed by atoms with Crippen LogP contribution in [-0.2, 0) is 16.0 Å². The van der Waals surface area contributed by atoms with Gasteiger partial charge in [0.15, 0.2) is 0 Å². The third-order valence-electron chi connectivity index (χ3n) is 13.7. The number of benzene rings is 6. The third kappa shape index (κ3) is 21.8. The lowest BCUT2D eigenvalue weighted by atomic mass is 9.99. The molecule has 0 radical (unpaired) electrons. The van der Waals surface area contributed by atoms with Gasteiger partial charge in [0.1, 0.15) is 45.6 Å². The number of aryl methyl sites for hydroxylation is 1. The molecule has 0 N–H and O–H groups in total. The van der Waals surface area contributed by atoms with E-state index in [1.165, 1.54) is 76.7 Å². The van der Waals surface area contributed by atoms with E-state index < -0.39 is 34.6 Å². The second kappa shape index (κ2) is 35.4. The Kier molecular flexibility index (Phi) is 28.2. The Labute approximate surface area is 495 Å². The number of esters is 4. The van der Waals surface area contributed by atoms with Crippen molar-refractivity contribution in [1.82, 2.24) is 0 Å². The topological polar surface area (TPSA) is 162 Å². The van der Waals surface area contributed by atoms with Gasteiger partial charge in [0.25, 0.3) is 0 Å². The number of carbonyl (C=O) groups excluding carboxylic acids is 4. The highest BCUT2D eigenvalue weighted by molar-refractivity contribution is 6.30. The minimum absolute atomic E-state index is 0.0200. The molecule has 2 atom stereocenters. The van der Waals surface area contributed by atoms with Gasteiger partial charge in [-0.15, -0.1) is 23.2 Å². The zero-order valence-electron chi connectivity index (χ0n) is 48.4. The summed E-state index contributed by atoms with van der Waals surface area (Å²) in [5.41, 5.74) is 6.06. The van der Waals surface area contributed by atoms with Crippen LogP contribution in [0.4, 0.5) is 0 Å². The van der Waals surface area contributed by atoms with Crippen LogP contribution in [0.1, 0.15) is 175 Å². The zero-order chi connectivity index (χ0) is 59.2. The number of alkyl halides is 2. The van der Waals surface area contributed by atoms with Crippen LogP contribution in [-0.4, -0.2) is 41.2 Å². The Bertz CT molecular complexity index is 2830. The second-order valence-corrected chi connectivity index (χ2v) is 22.0. The molecular formula is C69H78Cl2N2O9. The summed E-state index contributed by atoms with van der Waals surface area (Å²) in [5, 5.41) is 17.8. The molecule has 0 fully saturated rings. The molecule has 0 heterocycles. The summed E-state index contributed by atoms with van der Waals surface area (Å²) < 4.78 is 27.6. The highest BCUT2D eigenvalue weighted by Crippen LogP contribution is 2.29. The van der Waals surface area contributed by atoms with E-state index in [0.717, 1.165) is 59.9 Å². The highest BCUT2D eigenvalue weighted by atomic mass is 35.5. The van der Waals surface area contributed by atoms with Gasteiger partial charge < -0.3 is 23.7 Å². The van der Waals surface area contributed by atoms with Crippen molar-refractivity contribution in [3.63, 3.8) is 0 Å². The largest absolute Gasteiger partial charge is 0.492 e. The van der Waals surface area contributed by atoms with E-state index in [2.05, 4.69) is 26.0 Å². The molecule has 0 bridgehead atoms. The monoisotopic (exact) mass is 1150 g/mol. The molecular weight excluding hydrogens is 1070 g/mol. The number of nitriles is 2. The van der Waals surface area contributed by atoms with Crippen LogP contribution < -0.4 is 23.7 Å². The Balaban J connectivity index is 0.000000301. The van der Waals surface area contributed by atoms with Crippen molar-refractivity contribution >= 4 is 47.1 Å². The van der Waals surface area contributed by atoms with Gasteiger partial charge in [-0.3, -0.25) is 9.59 Å². The van der Waals surface area contributed by atoms with Crippen molar-refractivity contribution in [2.24, 2.45) is 11.8 Å². The summed E-state index contributed by atoms with van der Waals surface area (Å²) >= 11 is 12.1. The summed E-state index contributed by atoms with van der Waals surface area (Å²) in [7, 11) is 0. The summed E-state index contributed by atoms with van der Waals surface area (Å²) in [4.78, 5) is 49.7. The van der Waals surface area contributed by atoms with Crippen molar-refractivity contribution in [3.8, 4) is 63.1 Å². The van der Waals surface area contributed by atoms with Crippen molar-refractivity contribution in [2.45, 2.75) is 155 Å². The number of hydrogen-bond donors (Lipinski definition) is 0. The average Bonchev–Trinajstić information content (AvgIpc) is 3.52. The normalized spacial score (nSPS) is 11.6. The van der Waals surface area contributed by atoms with Crippen LogP contribution in [0.25, 0.3) is 22.3 Å². The molecule has 13 heteroatoms. The average molecular weight is 1150 g/mol. The minimum Gasteiger partial charge on any atom is -0.492 e. The van der Waals surface area contributed by atoms with Crippen LogP contribution in [0, 0.1) is 34.5 Å². The maximum atomic E-state index is 12.8. The lowest BCUT2D eigenvalue weighted by Gasteiger charge is -2.12. The maximum absolute atomic E-state index is 12.8. The van der Waals surface area contributed by atoms with Gasteiger partial charge in [-0.1, -0.05) is 180 Å². The van der Waals surface area contributed by atoms with Crippen LogP contribution in [0.15, 0.2) is 133 Å². The van der Waals surface area contributed by atoms with Crippen molar-refractivity contribution < 1.29 is 42.9 Å². The first-order chi connectivity index (χ1) is 39.6. The summed E-state index contributed by atoms with van der Waals surface area (Å²) in [6.07, 6.45) is 19.0. The Hall–Kier alpha value is -7.44. The van der Waals surface area contributed by atoms with Gasteiger partial charge in [0.05, 0.1) is 34.9 Å². The molecule has 0 aromatic heterocycles. The second-order valence-electron chi connectivity index (χ2n) is 21.0. The summed E-state index contributed by atoms with van der Waals surface area (Å²) in [6, 6.07) is 42.8. The number of unbranched alkanes of at least 4 members (excludes halogenated alkanes) is 13. The van der Waals surface area contributed by atoms with E-state index in [9.17, 15) is 29.7 Å². The molecule has 2 unspecified atom stereocenters. The SMILES string of the molecule is CCCCCCCCCCc1ccc(C(=O)Oc2ccc(-c3ccc(OC(=O)C(Cl)C(C)C)cc3)cc2)cc1C#N.CCCCCCCCCOc1ccc(C(=O)Oc2ccc(-c3ccc(OC(=O)C(Cl)C(C)C)cc3)cc2)cc1C#N. The van der Waals surface area contributed by atoms with Crippen LogP contribution in [0.5, 0.6) is 28.7 Å². The van der Waals surface area contributed by atoms with Gasteiger partial charge in [-0.05, 0) is 138 Å². The summed E-state index contributed by atoms with van der Waals surface area (Å²) in [6.45, 7) is 12.4. The van der Waals surface area contributed by atoms with Gasteiger partial charge in [0, 0.05) is 0 Å². The molecule has 0 saturated carbocycles. The lowest BCUT2D eigenvalue weighted by molar-refractivity contribution is -0.135. The van der Waals surface area contributed by atoms with E-state index >= 15 is 0 Å².